The maximum atomic E-state index is 11.8. The van der Waals surface area contributed by atoms with Crippen LogP contribution in [-0.4, -0.2) is 49.1 Å². The molecule has 1 rings (SSSR count). The lowest BCUT2D eigenvalue weighted by Gasteiger charge is -2.19. The number of carbonyl (C=O) groups is 2. The average molecular weight is 266 g/mol. The third kappa shape index (κ3) is 4.26. The topological polar surface area (TPSA) is 78.9 Å². The average Bonchev–Trinajstić information content (AvgIpc) is 2.36. The first-order chi connectivity index (χ1) is 8.95. The summed E-state index contributed by atoms with van der Waals surface area (Å²) < 4.78 is 5.10. The van der Waals surface area contributed by atoms with Crippen LogP contribution in [0.25, 0.3) is 0 Å². The van der Waals surface area contributed by atoms with Crippen LogP contribution in [-0.2, 0) is 9.59 Å². The Bertz CT molecular complexity index is 460. The zero-order chi connectivity index (χ0) is 14.4. The molecule has 0 aliphatic carbocycles. The van der Waals surface area contributed by atoms with Gasteiger partial charge in [0.15, 0.2) is 0 Å². The highest BCUT2D eigenvalue weighted by Gasteiger charge is 2.23. The van der Waals surface area contributed by atoms with Gasteiger partial charge in [-0.15, -0.1) is 0 Å². The number of nitrogens with zero attached hydrogens (tertiary/aromatic N) is 1. The molecule has 0 aromatic heterocycles. The van der Waals surface area contributed by atoms with E-state index in [1.54, 1.807) is 38.4 Å². The van der Waals surface area contributed by atoms with E-state index in [-0.39, 0.29) is 12.3 Å². The van der Waals surface area contributed by atoms with E-state index in [1.165, 1.54) is 12.0 Å². The Balaban J connectivity index is 2.72. The first-order valence-electron chi connectivity index (χ1n) is 5.77. The Hall–Kier alpha value is -2.08. The van der Waals surface area contributed by atoms with Gasteiger partial charge >= 0.3 is 5.97 Å². The Morgan fingerprint density at radius 1 is 1.37 bits per heavy atom. The van der Waals surface area contributed by atoms with Crippen LogP contribution in [0.15, 0.2) is 24.3 Å². The lowest BCUT2D eigenvalue weighted by molar-refractivity contribution is -0.144. The van der Waals surface area contributed by atoms with Crippen LogP contribution < -0.4 is 10.1 Å². The predicted molar refractivity (Wildman–Crippen MR) is 71.4 cm³/mol. The quantitative estimate of drug-likeness (QED) is 0.804. The fraction of sp³-hybridized carbons (Fsp3) is 0.385. The lowest BCUT2D eigenvalue weighted by Crippen LogP contribution is -2.38. The monoisotopic (exact) mass is 266 g/mol. The molecule has 0 unspecified atom stereocenters. The van der Waals surface area contributed by atoms with Crippen LogP contribution in [0, 0.1) is 0 Å². The van der Waals surface area contributed by atoms with Crippen LogP contribution in [0.3, 0.4) is 0 Å². The van der Waals surface area contributed by atoms with Gasteiger partial charge in [0.1, 0.15) is 11.8 Å². The van der Waals surface area contributed by atoms with Crippen LogP contribution in [0.1, 0.15) is 6.42 Å². The van der Waals surface area contributed by atoms with Crippen LogP contribution in [0.2, 0.25) is 0 Å². The van der Waals surface area contributed by atoms with Gasteiger partial charge in [0, 0.05) is 0 Å². The highest BCUT2D eigenvalue weighted by molar-refractivity contribution is 5.95. The van der Waals surface area contributed by atoms with Crippen molar-refractivity contribution in [2.75, 3.05) is 26.5 Å². The summed E-state index contributed by atoms with van der Waals surface area (Å²) in [5.74, 6) is -0.863. The molecule has 104 valence electrons. The molecule has 1 atom stereocenters. The molecular formula is C13H18N2O4. The Kier molecular flexibility index (Phi) is 5.32. The number of ether oxygens (including phenoxy) is 1. The zero-order valence-corrected chi connectivity index (χ0v) is 11.2. The van der Waals surface area contributed by atoms with Gasteiger partial charge in [0.05, 0.1) is 19.2 Å². The number of rotatable bonds is 6. The summed E-state index contributed by atoms with van der Waals surface area (Å²) in [6.45, 7) is 0. The number of nitrogens with one attached hydrogen (secondary N) is 1. The van der Waals surface area contributed by atoms with Crippen molar-refractivity contribution in [1.29, 1.82) is 0 Å². The second kappa shape index (κ2) is 6.75. The number of amides is 1. The minimum atomic E-state index is -1.03. The molecule has 1 amide bonds. The van der Waals surface area contributed by atoms with Crippen LogP contribution in [0.4, 0.5) is 5.69 Å². The van der Waals surface area contributed by atoms with Gasteiger partial charge in [-0.25, -0.2) is 0 Å². The Morgan fingerprint density at radius 2 is 2.00 bits per heavy atom. The van der Waals surface area contributed by atoms with Gasteiger partial charge < -0.3 is 15.2 Å². The summed E-state index contributed by atoms with van der Waals surface area (Å²) in [4.78, 5) is 24.3. The minimum absolute atomic E-state index is 0.125. The summed E-state index contributed by atoms with van der Waals surface area (Å²) in [6.07, 6.45) is -0.125. The van der Waals surface area contributed by atoms with Gasteiger partial charge in [0.25, 0.3) is 0 Å². The molecule has 6 nitrogen and oxygen atoms in total. The number of carboxylic acid groups (broad SMARTS) is 1. The van der Waals surface area contributed by atoms with Crippen molar-refractivity contribution in [2.24, 2.45) is 0 Å². The number of anilines is 1. The number of hydrogen-bond acceptors (Lipinski definition) is 4. The molecule has 0 radical (unpaired) electrons. The van der Waals surface area contributed by atoms with Gasteiger partial charge in [-0.05, 0) is 26.2 Å². The van der Waals surface area contributed by atoms with Gasteiger partial charge in [-0.2, -0.15) is 0 Å². The smallest absolute Gasteiger partial charge is 0.321 e. The van der Waals surface area contributed by atoms with Crippen molar-refractivity contribution in [2.45, 2.75) is 12.5 Å². The van der Waals surface area contributed by atoms with Crippen molar-refractivity contribution in [3.05, 3.63) is 24.3 Å². The molecule has 0 aliphatic heterocycles. The molecule has 0 spiro atoms. The van der Waals surface area contributed by atoms with Crippen LogP contribution in [0.5, 0.6) is 5.75 Å². The van der Waals surface area contributed by atoms with Crippen molar-refractivity contribution >= 4 is 17.6 Å². The van der Waals surface area contributed by atoms with E-state index in [2.05, 4.69) is 5.32 Å². The summed E-state index contributed by atoms with van der Waals surface area (Å²) in [6, 6.07) is 6.11. The fourth-order valence-corrected chi connectivity index (χ4v) is 1.62. The minimum Gasteiger partial charge on any atom is -0.495 e. The standard InChI is InChI=1S/C13H18N2O4/c1-15(2)10(13(17)18)8-12(16)14-9-6-4-5-7-11(9)19-3/h4-7,10H,8H2,1-3H3,(H,14,16)(H,17,18)/t10-/m0/s1. The van der Waals surface area contributed by atoms with Crippen molar-refractivity contribution < 1.29 is 19.4 Å². The van der Waals surface area contributed by atoms with Crippen molar-refractivity contribution in [3.63, 3.8) is 0 Å². The van der Waals surface area contributed by atoms with E-state index in [4.69, 9.17) is 9.84 Å². The molecule has 0 bridgehead atoms. The van der Waals surface area contributed by atoms with Gasteiger partial charge in [-0.3, -0.25) is 14.5 Å². The number of benzene rings is 1. The number of methoxy groups -OCH3 is 1. The number of aliphatic carboxylic acids is 1. The number of likely N-dealkylation sites (N-methyl/N-ethyl adjacent to an activating group) is 1. The fourth-order valence-electron chi connectivity index (χ4n) is 1.62. The molecule has 1 aromatic carbocycles. The van der Waals surface area contributed by atoms with Gasteiger partial charge in [0.2, 0.25) is 5.91 Å². The molecule has 0 heterocycles. The summed E-state index contributed by atoms with van der Waals surface area (Å²) in [5.41, 5.74) is 0.526. The second-order valence-electron chi connectivity index (χ2n) is 4.27. The van der Waals surface area contributed by atoms with Gasteiger partial charge in [-0.1, -0.05) is 12.1 Å². The summed E-state index contributed by atoms with van der Waals surface area (Å²) >= 11 is 0. The summed E-state index contributed by atoms with van der Waals surface area (Å²) in [5, 5.41) is 11.7. The molecule has 0 aliphatic rings. The second-order valence-corrected chi connectivity index (χ2v) is 4.27. The van der Waals surface area contributed by atoms with Crippen LogP contribution >= 0.6 is 0 Å². The molecule has 2 N–H and O–H groups in total. The Labute approximate surface area is 112 Å². The highest BCUT2D eigenvalue weighted by Crippen LogP contribution is 2.23. The molecule has 0 saturated heterocycles. The largest absolute Gasteiger partial charge is 0.495 e. The number of carbonyl (C=O) groups excluding carboxylic acids is 1. The number of para-hydroxylation sites is 2. The summed E-state index contributed by atoms with van der Waals surface area (Å²) in [7, 11) is 4.75. The first-order valence-corrected chi connectivity index (χ1v) is 5.77. The van der Waals surface area contributed by atoms with E-state index in [0.717, 1.165) is 0 Å². The third-order valence-electron chi connectivity index (χ3n) is 2.67. The molecule has 0 fully saturated rings. The molecule has 1 aromatic rings. The molecule has 6 heteroatoms. The molecule has 0 saturated carbocycles. The normalized spacial score (nSPS) is 12.0. The predicted octanol–water partition coefficient (Wildman–Crippen LogP) is 1.04. The SMILES string of the molecule is COc1ccccc1NC(=O)C[C@@H](C(=O)O)N(C)C. The highest BCUT2D eigenvalue weighted by atomic mass is 16.5. The van der Waals surface area contributed by atoms with E-state index in [9.17, 15) is 9.59 Å². The third-order valence-corrected chi connectivity index (χ3v) is 2.67. The van der Waals surface area contributed by atoms with Crippen molar-refractivity contribution in [3.8, 4) is 5.75 Å². The first kappa shape index (κ1) is 15.0. The number of hydrogen-bond donors (Lipinski definition) is 2. The molecular weight excluding hydrogens is 248 g/mol. The maximum Gasteiger partial charge on any atom is 0.321 e. The lowest BCUT2D eigenvalue weighted by atomic mass is 10.1. The van der Waals surface area contributed by atoms with Crippen molar-refractivity contribution in [1.82, 2.24) is 4.90 Å². The van der Waals surface area contributed by atoms with E-state index >= 15 is 0 Å². The van der Waals surface area contributed by atoms with E-state index in [1.807, 2.05) is 0 Å². The zero-order valence-electron chi connectivity index (χ0n) is 11.2. The Morgan fingerprint density at radius 3 is 2.53 bits per heavy atom. The molecule has 19 heavy (non-hydrogen) atoms. The maximum absolute atomic E-state index is 11.8. The van der Waals surface area contributed by atoms with E-state index in [0.29, 0.717) is 11.4 Å². The van der Waals surface area contributed by atoms with E-state index < -0.39 is 12.0 Å². The number of carboxylic acids is 1.